The van der Waals surface area contributed by atoms with E-state index in [1.807, 2.05) is 35.7 Å². The summed E-state index contributed by atoms with van der Waals surface area (Å²) in [7, 11) is 0. The van der Waals surface area contributed by atoms with Crippen LogP contribution in [0.5, 0.6) is 0 Å². The number of hydrogen-bond donors (Lipinski definition) is 2. The highest BCUT2D eigenvalue weighted by atomic mass is 32.2. The molecule has 2 atom stereocenters. The van der Waals surface area contributed by atoms with Gasteiger partial charge >= 0.3 is 0 Å². The molecule has 2 fully saturated rings. The Kier molecular flexibility index (Phi) is 5.71. The second-order valence-corrected chi connectivity index (χ2v) is 8.78. The maximum Gasteiger partial charge on any atom is 0.251 e. The highest BCUT2D eigenvalue weighted by Crippen LogP contribution is 2.43. The lowest BCUT2D eigenvalue weighted by Crippen LogP contribution is -2.39. The Balaban J connectivity index is 1.60. The molecule has 3 N–H and O–H groups in total. The number of nitrogens with two attached hydrogens (primary N) is 1. The molecule has 1 saturated heterocycles. The van der Waals surface area contributed by atoms with Crippen LogP contribution in [-0.2, 0) is 0 Å². The molecule has 1 aliphatic carbocycles. The summed E-state index contributed by atoms with van der Waals surface area (Å²) < 4.78 is 0.530. The van der Waals surface area contributed by atoms with Gasteiger partial charge in [-0.2, -0.15) is 0 Å². The maximum atomic E-state index is 12.4. The van der Waals surface area contributed by atoms with Crippen molar-refractivity contribution in [2.24, 2.45) is 11.7 Å². The van der Waals surface area contributed by atoms with Crippen LogP contribution in [0.25, 0.3) is 0 Å². The smallest absolute Gasteiger partial charge is 0.251 e. The fourth-order valence-electron chi connectivity index (χ4n) is 3.23. The quantitative estimate of drug-likeness (QED) is 0.885. The monoisotopic (exact) mass is 336 g/mol. The summed E-state index contributed by atoms with van der Waals surface area (Å²) in [5, 5.41) is 3.17. The first-order chi connectivity index (χ1) is 10.8. The van der Waals surface area contributed by atoms with E-state index in [0.29, 0.717) is 17.0 Å². The normalized spacial score (nSPS) is 26.0. The van der Waals surface area contributed by atoms with Gasteiger partial charge in [-0.1, -0.05) is 18.6 Å². The molecule has 1 aromatic rings. The molecule has 120 valence electrons. The number of thioether (sulfide) groups is 2. The lowest BCUT2D eigenvalue weighted by molar-refractivity contribution is 0.0929. The molecule has 0 spiro atoms. The largest absolute Gasteiger partial charge is 0.349 e. The van der Waals surface area contributed by atoms with Crippen LogP contribution in [0.1, 0.15) is 46.2 Å². The molecule has 1 saturated carbocycles. The van der Waals surface area contributed by atoms with E-state index in [1.54, 1.807) is 0 Å². The molecule has 1 aliphatic heterocycles. The summed E-state index contributed by atoms with van der Waals surface area (Å²) in [4.78, 5) is 12.4. The molecular weight excluding hydrogens is 312 g/mol. The maximum absolute atomic E-state index is 12.4. The van der Waals surface area contributed by atoms with E-state index in [2.05, 4.69) is 17.4 Å². The third kappa shape index (κ3) is 3.81. The SMILES string of the molecule is NCC1CCCC1NC(=O)c1ccc(C2SCCCS2)cc1. The summed E-state index contributed by atoms with van der Waals surface area (Å²) in [6, 6.07) is 8.40. The fraction of sp³-hybridized carbons (Fsp3) is 0.588. The van der Waals surface area contributed by atoms with Gasteiger partial charge in [-0.15, -0.1) is 23.5 Å². The topological polar surface area (TPSA) is 55.1 Å². The number of nitrogens with one attached hydrogen (secondary N) is 1. The van der Waals surface area contributed by atoms with Crippen LogP contribution in [0, 0.1) is 5.92 Å². The van der Waals surface area contributed by atoms with Crippen LogP contribution >= 0.6 is 23.5 Å². The summed E-state index contributed by atoms with van der Waals surface area (Å²) in [5.41, 5.74) is 7.87. The van der Waals surface area contributed by atoms with Crippen molar-refractivity contribution in [2.75, 3.05) is 18.1 Å². The number of rotatable bonds is 4. The van der Waals surface area contributed by atoms with Crippen molar-refractivity contribution < 1.29 is 4.79 Å². The van der Waals surface area contributed by atoms with Crippen LogP contribution in [0.15, 0.2) is 24.3 Å². The van der Waals surface area contributed by atoms with Crippen LogP contribution in [-0.4, -0.2) is 30.0 Å². The van der Waals surface area contributed by atoms with Gasteiger partial charge in [0, 0.05) is 11.6 Å². The molecule has 22 heavy (non-hydrogen) atoms. The van der Waals surface area contributed by atoms with Crippen LogP contribution in [0.4, 0.5) is 0 Å². The van der Waals surface area contributed by atoms with Crippen LogP contribution in [0.3, 0.4) is 0 Å². The van der Waals surface area contributed by atoms with Gasteiger partial charge in [0.15, 0.2) is 0 Å². The molecule has 0 bridgehead atoms. The van der Waals surface area contributed by atoms with Crippen molar-refractivity contribution in [1.29, 1.82) is 0 Å². The molecular formula is C17H24N2OS2. The Bertz CT molecular complexity index is 500. The number of amides is 1. The second kappa shape index (κ2) is 7.75. The fourth-order valence-corrected chi connectivity index (χ4v) is 6.13. The van der Waals surface area contributed by atoms with E-state index >= 15 is 0 Å². The average Bonchev–Trinajstić information content (AvgIpc) is 3.03. The Morgan fingerprint density at radius 3 is 2.55 bits per heavy atom. The van der Waals surface area contributed by atoms with Crippen molar-refractivity contribution in [2.45, 2.75) is 36.3 Å². The number of carbonyl (C=O) groups is 1. The highest BCUT2D eigenvalue weighted by Gasteiger charge is 2.27. The van der Waals surface area contributed by atoms with E-state index < -0.39 is 0 Å². The van der Waals surface area contributed by atoms with Crippen molar-refractivity contribution >= 4 is 29.4 Å². The first-order valence-corrected chi connectivity index (χ1v) is 10.2. The van der Waals surface area contributed by atoms with Crippen molar-refractivity contribution in [1.82, 2.24) is 5.32 Å². The molecule has 3 rings (SSSR count). The van der Waals surface area contributed by atoms with Crippen molar-refractivity contribution in [3.05, 3.63) is 35.4 Å². The molecule has 2 aliphatic rings. The van der Waals surface area contributed by atoms with Gasteiger partial charge in [0.25, 0.3) is 5.91 Å². The van der Waals surface area contributed by atoms with E-state index in [9.17, 15) is 4.79 Å². The second-order valence-electron chi connectivity index (χ2n) is 6.06. The van der Waals surface area contributed by atoms with Crippen molar-refractivity contribution in [3.63, 3.8) is 0 Å². The van der Waals surface area contributed by atoms with Crippen LogP contribution in [0.2, 0.25) is 0 Å². The molecule has 1 heterocycles. The number of carbonyl (C=O) groups excluding carboxylic acids is 1. The van der Waals surface area contributed by atoms with Crippen LogP contribution < -0.4 is 11.1 Å². The van der Waals surface area contributed by atoms with Gasteiger partial charge in [-0.3, -0.25) is 4.79 Å². The third-order valence-corrected chi connectivity index (χ3v) is 7.57. The Morgan fingerprint density at radius 2 is 1.86 bits per heavy atom. The first-order valence-electron chi connectivity index (χ1n) is 8.12. The Morgan fingerprint density at radius 1 is 1.14 bits per heavy atom. The number of benzene rings is 1. The molecule has 3 nitrogen and oxygen atoms in total. The van der Waals surface area contributed by atoms with Gasteiger partial charge in [0.05, 0.1) is 4.58 Å². The molecule has 0 radical (unpaired) electrons. The average molecular weight is 337 g/mol. The zero-order chi connectivity index (χ0) is 15.4. The van der Waals surface area contributed by atoms with Gasteiger partial charge in [-0.05, 0) is 60.9 Å². The summed E-state index contributed by atoms with van der Waals surface area (Å²) >= 11 is 4.02. The summed E-state index contributed by atoms with van der Waals surface area (Å²) in [6.45, 7) is 0.667. The molecule has 2 unspecified atom stereocenters. The predicted molar refractivity (Wildman–Crippen MR) is 96.4 cm³/mol. The zero-order valence-electron chi connectivity index (χ0n) is 12.8. The molecule has 1 amide bonds. The number of hydrogen-bond acceptors (Lipinski definition) is 4. The minimum absolute atomic E-state index is 0.0425. The first kappa shape index (κ1) is 16.2. The standard InChI is InChI=1S/C17H24N2OS2/c18-11-14-3-1-4-15(14)19-16(20)12-5-7-13(8-6-12)17-21-9-2-10-22-17/h5-8,14-15,17H,1-4,9-11,18H2,(H,19,20). The van der Waals surface area contributed by atoms with Gasteiger partial charge < -0.3 is 11.1 Å². The summed E-state index contributed by atoms with van der Waals surface area (Å²) in [5.74, 6) is 2.96. The minimum Gasteiger partial charge on any atom is -0.349 e. The van der Waals surface area contributed by atoms with Gasteiger partial charge in [0.1, 0.15) is 0 Å². The zero-order valence-corrected chi connectivity index (χ0v) is 14.4. The Labute approximate surface area is 141 Å². The van der Waals surface area contributed by atoms with E-state index in [-0.39, 0.29) is 11.9 Å². The predicted octanol–water partition coefficient (Wildman–Crippen LogP) is 3.41. The lowest BCUT2D eigenvalue weighted by Gasteiger charge is -2.22. The summed E-state index contributed by atoms with van der Waals surface area (Å²) in [6.07, 6.45) is 4.66. The lowest BCUT2D eigenvalue weighted by atomic mass is 10.0. The van der Waals surface area contributed by atoms with E-state index in [4.69, 9.17) is 5.73 Å². The molecule has 0 aromatic heterocycles. The molecule has 1 aromatic carbocycles. The van der Waals surface area contributed by atoms with Gasteiger partial charge in [0.2, 0.25) is 0 Å². The molecule has 5 heteroatoms. The van der Waals surface area contributed by atoms with E-state index in [0.717, 1.165) is 18.4 Å². The van der Waals surface area contributed by atoms with Crippen molar-refractivity contribution in [3.8, 4) is 0 Å². The third-order valence-electron chi connectivity index (χ3n) is 4.55. The van der Waals surface area contributed by atoms with E-state index in [1.165, 1.54) is 29.9 Å². The van der Waals surface area contributed by atoms with Gasteiger partial charge in [-0.25, -0.2) is 0 Å². The Hall–Kier alpha value is -0.650. The minimum atomic E-state index is 0.0425. The highest BCUT2D eigenvalue weighted by molar-refractivity contribution is 8.16.